The highest BCUT2D eigenvalue weighted by molar-refractivity contribution is 5.65. The zero-order chi connectivity index (χ0) is 27.1. The van der Waals surface area contributed by atoms with Gasteiger partial charge in [-0.3, -0.25) is 0 Å². The highest BCUT2D eigenvalue weighted by Crippen LogP contribution is 2.42. The molecule has 0 aliphatic rings. The molecule has 196 valence electrons. The number of benzene rings is 5. The number of rotatable bonds is 10. The molecule has 0 aliphatic heterocycles. The largest absolute Gasteiger partial charge is 0.497 e. The Bertz CT molecular complexity index is 1430. The lowest BCUT2D eigenvalue weighted by atomic mass is 9.80. The van der Waals surface area contributed by atoms with Crippen LogP contribution in [0.5, 0.6) is 11.5 Å². The zero-order valence-corrected chi connectivity index (χ0v) is 22.2. The summed E-state index contributed by atoms with van der Waals surface area (Å²) in [7, 11) is 3.33. The molecule has 0 saturated heterocycles. The molecule has 5 rings (SSSR count). The molecule has 4 heteroatoms. The van der Waals surface area contributed by atoms with Gasteiger partial charge in [-0.15, -0.1) is 0 Å². The minimum absolute atomic E-state index is 0.0472. The molecule has 0 aliphatic carbocycles. The van der Waals surface area contributed by atoms with E-state index in [-0.39, 0.29) is 6.61 Å². The van der Waals surface area contributed by atoms with Crippen molar-refractivity contribution in [3.8, 4) is 22.6 Å². The van der Waals surface area contributed by atoms with Crippen LogP contribution in [0.3, 0.4) is 0 Å². The first-order chi connectivity index (χ1) is 19.2. The first-order valence-corrected chi connectivity index (χ1v) is 12.9. The van der Waals surface area contributed by atoms with Crippen molar-refractivity contribution in [2.45, 2.75) is 18.8 Å². The molecule has 0 unspecified atom stereocenters. The maximum absolute atomic E-state index is 10.0. The maximum atomic E-state index is 10.0. The Morgan fingerprint density at radius 3 is 1.54 bits per heavy atom. The van der Waals surface area contributed by atoms with Crippen LogP contribution in [0.1, 0.15) is 27.8 Å². The molecule has 0 aromatic heterocycles. The van der Waals surface area contributed by atoms with Crippen LogP contribution in [0.25, 0.3) is 11.1 Å². The van der Waals surface area contributed by atoms with Crippen molar-refractivity contribution < 1.29 is 19.3 Å². The van der Waals surface area contributed by atoms with Crippen molar-refractivity contribution in [3.05, 3.63) is 155 Å². The first-order valence-electron chi connectivity index (χ1n) is 12.9. The highest BCUT2D eigenvalue weighted by Gasteiger charge is 2.38. The SMILES string of the molecule is COc1ccc(C(OCc2cc(CO)cc(-c3ccccc3)c2)(c2ccccc2)c2ccc(OC)cc2)cc1. The number of hydrogen-bond acceptors (Lipinski definition) is 4. The molecule has 5 aromatic carbocycles. The van der Waals surface area contributed by atoms with Crippen LogP contribution in [0.15, 0.2) is 127 Å². The summed E-state index contributed by atoms with van der Waals surface area (Å²) in [5.41, 5.74) is 5.98. The lowest BCUT2D eigenvalue weighted by molar-refractivity contribution is 0.000159. The molecule has 0 atom stereocenters. The molecular formula is C35H32O4. The molecule has 0 radical (unpaired) electrons. The fourth-order valence-corrected chi connectivity index (χ4v) is 5.00. The Balaban J connectivity index is 1.64. The Morgan fingerprint density at radius 2 is 1.03 bits per heavy atom. The number of ether oxygens (including phenoxy) is 3. The van der Waals surface area contributed by atoms with E-state index in [2.05, 4.69) is 54.6 Å². The van der Waals surface area contributed by atoms with Gasteiger partial charge in [0.2, 0.25) is 0 Å². The van der Waals surface area contributed by atoms with Gasteiger partial charge in [-0.2, -0.15) is 0 Å². The van der Waals surface area contributed by atoms with Crippen LogP contribution in [0, 0.1) is 0 Å². The third kappa shape index (κ3) is 5.58. The van der Waals surface area contributed by atoms with Gasteiger partial charge in [0.1, 0.15) is 17.1 Å². The predicted octanol–water partition coefficient (Wildman–Crippen LogP) is 7.37. The Morgan fingerprint density at radius 1 is 0.538 bits per heavy atom. The average Bonchev–Trinajstić information content (AvgIpc) is 3.02. The highest BCUT2D eigenvalue weighted by atomic mass is 16.5. The molecule has 5 aromatic rings. The van der Waals surface area contributed by atoms with Gasteiger partial charge in [0.05, 0.1) is 27.4 Å². The molecular weight excluding hydrogens is 484 g/mol. The van der Waals surface area contributed by atoms with Gasteiger partial charge < -0.3 is 19.3 Å². The molecule has 0 heterocycles. The Kier molecular flexibility index (Phi) is 8.07. The van der Waals surface area contributed by atoms with Crippen LogP contribution >= 0.6 is 0 Å². The number of methoxy groups -OCH3 is 2. The van der Waals surface area contributed by atoms with E-state index in [4.69, 9.17) is 14.2 Å². The summed E-state index contributed by atoms with van der Waals surface area (Å²) < 4.78 is 18.0. The molecule has 39 heavy (non-hydrogen) atoms. The fraction of sp³-hybridized carbons (Fsp3) is 0.143. The summed E-state index contributed by atoms with van der Waals surface area (Å²) in [5, 5.41) is 10.0. The van der Waals surface area contributed by atoms with Crippen LogP contribution in [-0.4, -0.2) is 19.3 Å². The smallest absolute Gasteiger partial charge is 0.144 e. The van der Waals surface area contributed by atoms with Crippen LogP contribution in [-0.2, 0) is 23.6 Å². The van der Waals surface area contributed by atoms with Gasteiger partial charge in [-0.25, -0.2) is 0 Å². The molecule has 0 fully saturated rings. The molecule has 0 spiro atoms. The van der Waals surface area contributed by atoms with E-state index < -0.39 is 5.60 Å². The van der Waals surface area contributed by atoms with E-state index in [0.717, 1.165) is 50.4 Å². The van der Waals surface area contributed by atoms with Gasteiger partial charge >= 0.3 is 0 Å². The van der Waals surface area contributed by atoms with E-state index >= 15 is 0 Å². The number of aliphatic hydroxyl groups excluding tert-OH is 1. The van der Waals surface area contributed by atoms with E-state index in [1.165, 1.54) is 0 Å². The predicted molar refractivity (Wildman–Crippen MR) is 155 cm³/mol. The minimum atomic E-state index is -0.915. The van der Waals surface area contributed by atoms with Crippen molar-refractivity contribution >= 4 is 0 Å². The van der Waals surface area contributed by atoms with Crippen molar-refractivity contribution in [2.75, 3.05) is 14.2 Å². The van der Waals surface area contributed by atoms with Gasteiger partial charge in [-0.05, 0) is 75.3 Å². The van der Waals surface area contributed by atoms with E-state index in [1.54, 1.807) is 14.2 Å². The second kappa shape index (κ2) is 12.0. The normalized spacial score (nSPS) is 11.3. The molecule has 0 amide bonds. The molecule has 0 saturated carbocycles. The van der Waals surface area contributed by atoms with Gasteiger partial charge in [0.15, 0.2) is 0 Å². The molecule has 0 bridgehead atoms. The van der Waals surface area contributed by atoms with Crippen molar-refractivity contribution in [2.24, 2.45) is 0 Å². The third-order valence-electron chi connectivity index (χ3n) is 6.97. The van der Waals surface area contributed by atoms with Crippen molar-refractivity contribution in [1.29, 1.82) is 0 Å². The second-order valence-electron chi connectivity index (χ2n) is 9.36. The third-order valence-corrected chi connectivity index (χ3v) is 6.97. The monoisotopic (exact) mass is 516 g/mol. The zero-order valence-electron chi connectivity index (χ0n) is 22.2. The Labute approximate surface area is 230 Å². The summed E-state index contributed by atoms with van der Waals surface area (Å²) in [6, 6.07) is 42.6. The summed E-state index contributed by atoms with van der Waals surface area (Å²) in [6.45, 7) is 0.273. The number of aliphatic hydroxyl groups is 1. The summed E-state index contributed by atoms with van der Waals surface area (Å²) in [6.07, 6.45) is 0. The maximum Gasteiger partial charge on any atom is 0.144 e. The lowest BCUT2D eigenvalue weighted by Gasteiger charge is -2.36. The first kappa shape index (κ1) is 26.2. The second-order valence-corrected chi connectivity index (χ2v) is 9.36. The standard InChI is InChI=1S/C35H32O4/c1-37-33-17-13-31(14-18-33)35(30-11-7-4-8-12-30,32-15-19-34(38-2)20-16-32)39-25-27-21-26(24-36)22-29(23-27)28-9-5-3-6-10-28/h3-23,36H,24-25H2,1-2H3. The summed E-state index contributed by atoms with van der Waals surface area (Å²) >= 11 is 0. The van der Waals surface area contributed by atoms with Crippen LogP contribution in [0.4, 0.5) is 0 Å². The fourth-order valence-electron chi connectivity index (χ4n) is 5.00. The van der Waals surface area contributed by atoms with E-state index in [0.29, 0.717) is 6.61 Å². The van der Waals surface area contributed by atoms with Gasteiger partial charge in [0, 0.05) is 0 Å². The van der Waals surface area contributed by atoms with E-state index in [1.807, 2.05) is 72.8 Å². The van der Waals surface area contributed by atoms with Crippen molar-refractivity contribution in [1.82, 2.24) is 0 Å². The topological polar surface area (TPSA) is 47.9 Å². The lowest BCUT2D eigenvalue weighted by Crippen LogP contribution is -2.32. The van der Waals surface area contributed by atoms with Crippen LogP contribution < -0.4 is 9.47 Å². The van der Waals surface area contributed by atoms with Crippen LogP contribution in [0.2, 0.25) is 0 Å². The minimum Gasteiger partial charge on any atom is -0.497 e. The van der Waals surface area contributed by atoms with Gasteiger partial charge in [-0.1, -0.05) is 91.0 Å². The average molecular weight is 517 g/mol. The van der Waals surface area contributed by atoms with Gasteiger partial charge in [0.25, 0.3) is 0 Å². The summed E-state index contributed by atoms with van der Waals surface area (Å²) in [4.78, 5) is 0. The number of hydrogen-bond donors (Lipinski definition) is 1. The quantitative estimate of drug-likeness (QED) is 0.197. The Hall–Kier alpha value is -4.38. The van der Waals surface area contributed by atoms with E-state index in [9.17, 15) is 5.11 Å². The summed E-state index contributed by atoms with van der Waals surface area (Å²) in [5.74, 6) is 1.55. The molecule has 1 N–H and O–H groups in total. The molecule has 4 nitrogen and oxygen atoms in total. The van der Waals surface area contributed by atoms with Crippen molar-refractivity contribution in [3.63, 3.8) is 0 Å².